The summed E-state index contributed by atoms with van der Waals surface area (Å²) in [5, 5.41) is 4.69. The number of halogens is 1. The molecule has 1 unspecified atom stereocenters. The molecule has 0 aliphatic carbocycles. The zero-order chi connectivity index (χ0) is 21.5. The summed E-state index contributed by atoms with van der Waals surface area (Å²) in [6, 6.07) is 17.1. The second-order valence-corrected chi connectivity index (χ2v) is 8.28. The van der Waals surface area contributed by atoms with E-state index in [0.717, 1.165) is 37.2 Å². The van der Waals surface area contributed by atoms with Gasteiger partial charge in [0.1, 0.15) is 5.75 Å². The van der Waals surface area contributed by atoms with Crippen LogP contribution in [0.1, 0.15) is 31.6 Å². The number of rotatable bonds is 8. The molecule has 0 saturated carbocycles. The van der Waals surface area contributed by atoms with Crippen LogP contribution >= 0.6 is 11.6 Å². The van der Waals surface area contributed by atoms with Gasteiger partial charge in [-0.2, -0.15) is 4.98 Å². The number of carbonyl (C=O) groups excluding carboxylic acids is 1. The van der Waals surface area contributed by atoms with Crippen molar-refractivity contribution in [3.8, 4) is 17.1 Å². The Kier molecular flexibility index (Phi) is 7.20. The molecule has 1 fully saturated rings. The molecule has 0 N–H and O–H groups in total. The van der Waals surface area contributed by atoms with Crippen LogP contribution in [0.5, 0.6) is 5.75 Å². The molecule has 3 aromatic rings. The second kappa shape index (κ2) is 10.4. The Morgan fingerprint density at radius 3 is 2.77 bits per heavy atom. The summed E-state index contributed by atoms with van der Waals surface area (Å²) in [4.78, 5) is 19.1. The molecule has 4 rings (SSSR count). The number of carbonyl (C=O) groups is 1. The third kappa shape index (κ3) is 6.07. The van der Waals surface area contributed by atoms with Gasteiger partial charge in [-0.25, -0.2) is 0 Å². The van der Waals surface area contributed by atoms with Gasteiger partial charge in [0.15, 0.2) is 0 Å². The van der Waals surface area contributed by atoms with Crippen LogP contribution in [-0.2, 0) is 11.2 Å². The van der Waals surface area contributed by atoms with E-state index in [1.807, 2.05) is 47.4 Å². The molecule has 2 aromatic carbocycles. The van der Waals surface area contributed by atoms with E-state index in [9.17, 15) is 4.79 Å². The van der Waals surface area contributed by atoms with E-state index >= 15 is 0 Å². The van der Waals surface area contributed by atoms with E-state index in [-0.39, 0.29) is 5.91 Å². The molecule has 1 atom stereocenters. The van der Waals surface area contributed by atoms with Crippen molar-refractivity contribution < 1.29 is 14.1 Å². The fourth-order valence-corrected chi connectivity index (χ4v) is 3.91. The van der Waals surface area contributed by atoms with E-state index in [0.29, 0.717) is 48.5 Å². The van der Waals surface area contributed by atoms with Gasteiger partial charge < -0.3 is 14.2 Å². The number of benzene rings is 2. The molecule has 31 heavy (non-hydrogen) atoms. The highest BCUT2D eigenvalue weighted by Gasteiger charge is 2.24. The molecular weight excluding hydrogens is 414 g/mol. The second-order valence-electron chi connectivity index (χ2n) is 7.84. The largest absolute Gasteiger partial charge is 0.493 e. The fraction of sp³-hybridized carbons (Fsp3) is 0.375. The molecule has 0 spiro atoms. The lowest BCUT2D eigenvalue weighted by Gasteiger charge is -2.32. The first-order valence-electron chi connectivity index (χ1n) is 10.7. The van der Waals surface area contributed by atoms with E-state index in [2.05, 4.69) is 10.1 Å². The number of hydrogen-bond acceptors (Lipinski definition) is 5. The monoisotopic (exact) mass is 439 g/mol. The van der Waals surface area contributed by atoms with Crippen LogP contribution in [0.25, 0.3) is 11.4 Å². The van der Waals surface area contributed by atoms with Crippen molar-refractivity contribution in [1.29, 1.82) is 0 Å². The minimum atomic E-state index is 0.182. The summed E-state index contributed by atoms with van der Waals surface area (Å²) in [6.45, 7) is 2.22. The van der Waals surface area contributed by atoms with Crippen LogP contribution in [0.4, 0.5) is 0 Å². The lowest BCUT2D eigenvalue weighted by molar-refractivity contribution is -0.133. The number of piperidine rings is 1. The molecule has 1 amide bonds. The molecule has 1 aromatic heterocycles. The van der Waals surface area contributed by atoms with Gasteiger partial charge in [0.25, 0.3) is 0 Å². The van der Waals surface area contributed by atoms with Crippen molar-refractivity contribution in [2.45, 2.75) is 32.1 Å². The minimum Gasteiger partial charge on any atom is -0.493 e. The first kappa shape index (κ1) is 21.4. The van der Waals surface area contributed by atoms with Gasteiger partial charge in [-0.3, -0.25) is 4.79 Å². The lowest BCUT2D eigenvalue weighted by Crippen LogP contribution is -2.41. The average Bonchev–Trinajstić information content (AvgIpc) is 3.28. The average molecular weight is 440 g/mol. The Labute approximate surface area is 187 Å². The van der Waals surface area contributed by atoms with Crippen LogP contribution < -0.4 is 4.74 Å². The quantitative estimate of drug-likeness (QED) is 0.492. The smallest absolute Gasteiger partial charge is 0.226 e. The summed E-state index contributed by atoms with van der Waals surface area (Å²) >= 11 is 5.91. The van der Waals surface area contributed by atoms with Crippen LogP contribution in [-0.4, -0.2) is 40.6 Å². The van der Waals surface area contributed by atoms with E-state index in [1.54, 1.807) is 12.1 Å². The van der Waals surface area contributed by atoms with Gasteiger partial charge in [-0.15, -0.1) is 0 Å². The maximum absolute atomic E-state index is 12.7. The van der Waals surface area contributed by atoms with Gasteiger partial charge in [-0.1, -0.05) is 35.0 Å². The lowest BCUT2D eigenvalue weighted by atomic mass is 9.98. The predicted octanol–water partition coefficient (Wildman–Crippen LogP) is 5.03. The van der Waals surface area contributed by atoms with Crippen molar-refractivity contribution in [3.63, 3.8) is 0 Å². The molecule has 2 heterocycles. The van der Waals surface area contributed by atoms with Crippen molar-refractivity contribution in [3.05, 3.63) is 65.5 Å². The summed E-state index contributed by atoms with van der Waals surface area (Å²) in [6.07, 6.45) is 3.85. The maximum Gasteiger partial charge on any atom is 0.226 e. The molecule has 1 saturated heterocycles. The van der Waals surface area contributed by atoms with Crippen LogP contribution in [0.3, 0.4) is 0 Å². The van der Waals surface area contributed by atoms with Gasteiger partial charge in [0.2, 0.25) is 17.6 Å². The molecule has 1 aliphatic heterocycles. The standard InChI is InChI=1S/C24H26ClN3O3/c25-20-13-11-19(12-14-20)24-26-22(31-27-24)9-4-10-23(29)28-15-5-6-18(16-28)17-30-21-7-2-1-3-8-21/h1-3,7-8,11-14,18H,4-6,9-10,15-17H2. The number of aromatic nitrogens is 2. The zero-order valence-electron chi connectivity index (χ0n) is 17.4. The van der Waals surface area contributed by atoms with Crippen molar-refractivity contribution in [1.82, 2.24) is 15.0 Å². The van der Waals surface area contributed by atoms with E-state index < -0.39 is 0 Å². The van der Waals surface area contributed by atoms with Crippen molar-refractivity contribution >= 4 is 17.5 Å². The van der Waals surface area contributed by atoms with Crippen LogP contribution in [0.2, 0.25) is 5.02 Å². The van der Waals surface area contributed by atoms with Gasteiger partial charge >= 0.3 is 0 Å². The number of hydrogen-bond donors (Lipinski definition) is 0. The molecule has 162 valence electrons. The minimum absolute atomic E-state index is 0.182. The van der Waals surface area contributed by atoms with Crippen molar-refractivity contribution in [2.24, 2.45) is 5.92 Å². The first-order valence-corrected chi connectivity index (χ1v) is 11.1. The van der Waals surface area contributed by atoms with E-state index in [4.69, 9.17) is 20.9 Å². The fourth-order valence-electron chi connectivity index (χ4n) is 3.78. The molecule has 0 bridgehead atoms. The molecule has 0 radical (unpaired) electrons. The third-order valence-corrected chi connectivity index (χ3v) is 5.70. The summed E-state index contributed by atoms with van der Waals surface area (Å²) in [5.41, 5.74) is 0.854. The molecule has 6 nitrogen and oxygen atoms in total. The number of nitrogens with zero attached hydrogens (tertiary/aromatic N) is 3. The molecular formula is C24H26ClN3O3. The predicted molar refractivity (Wildman–Crippen MR) is 119 cm³/mol. The van der Waals surface area contributed by atoms with Gasteiger partial charge in [0.05, 0.1) is 6.61 Å². The third-order valence-electron chi connectivity index (χ3n) is 5.45. The zero-order valence-corrected chi connectivity index (χ0v) is 18.1. The van der Waals surface area contributed by atoms with Gasteiger partial charge in [-0.05, 0) is 55.7 Å². The maximum atomic E-state index is 12.7. The molecule has 1 aliphatic rings. The van der Waals surface area contributed by atoms with Crippen LogP contribution in [0.15, 0.2) is 59.1 Å². The highest BCUT2D eigenvalue weighted by atomic mass is 35.5. The number of aryl methyl sites for hydroxylation is 1. The Hall–Kier alpha value is -2.86. The Balaban J connectivity index is 1.21. The number of para-hydroxylation sites is 1. The first-order chi connectivity index (χ1) is 15.2. The Morgan fingerprint density at radius 2 is 1.97 bits per heavy atom. The highest BCUT2D eigenvalue weighted by Crippen LogP contribution is 2.21. The highest BCUT2D eigenvalue weighted by molar-refractivity contribution is 6.30. The number of likely N-dealkylation sites (tertiary alicyclic amines) is 1. The summed E-state index contributed by atoms with van der Waals surface area (Å²) in [7, 11) is 0. The number of amides is 1. The van der Waals surface area contributed by atoms with Crippen molar-refractivity contribution in [2.75, 3.05) is 19.7 Å². The topological polar surface area (TPSA) is 68.5 Å². The van der Waals surface area contributed by atoms with E-state index in [1.165, 1.54) is 0 Å². The summed E-state index contributed by atoms with van der Waals surface area (Å²) < 4.78 is 11.2. The Bertz CT molecular complexity index is 975. The normalized spacial score (nSPS) is 16.3. The summed E-state index contributed by atoms with van der Waals surface area (Å²) in [5.74, 6) is 2.52. The SMILES string of the molecule is O=C(CCCc1nc(-c2ccc(Cl)cc2)no1)N1CCCC(COc2ccccc2)C1. The van der Waals surface area contributed by atoms with Gasteiger partial charge in [0, 0.05) is 42.4 Å². The molecule has 7 heteroatoms. The Morgan fingerprint density at radius 1 is 1.16 bits per heavy atom. The number of ether oxygens (including phenoxy) is 1. The van der Waals surface area contributed by atoms with Crippen LogP contribution in [0, 0.1) is 5.92 Å².